The summed E-state index contributed by atoms with van der Waals surface area (Å²) in [6.07, 6.45) is 2.51. The number of carbonyl (C=O) groups excluding carboxylic acids is 2. The molecule has 1 aromatic heterocycles. The number of aromatic nitrogens is 1. The quantitative estimate of drug-likeness (QED) is 0.373. The maximum Gasteiger partial charge on any atom is 0.410 e. The third-order valence-corrected chi connectivity index (χ3v) is 5.97. The molecule has 190 valence electrons. The molecule has 0 spiro atoms. The van der Waals surface area contributed by atoms with Gasteiger partial charge < -0.3 is 24.6 Å². The van der Waals surface area contributed by atoms with E-state index in [0.29, 0.717) is 30.2 Å². The Labute approximate surface area is 212 Å². The lowest BCUT2D eigenvalue weighted by molar-refractivity contribution is 0.0237. The molecule has 2 amide bonds. The molecule has 1 saturated heterocycles. The lowest BCUT2D eigenvalue weighted by atomic mass is 10.2. The average Bonchev–Trinajstić information content (AvgIpc) is 3.29. The number of hydrogen-bond donors (Lipinski definition) is 1. The Bertz CT molecular complexity index is 1020. The van der Waals surface area contributed by atoms with E-state index in [1.807, 2.05) is 26.8 Å². The Morgan fingerprint density at radius 2 is 1.91 bits per heavy atom. The molecule has 0 radical (unpaired) electrons. The molecule has 3 rings (SSSR count). The van der Waals surface area contributed by atoms with E-state index in [9.17, 15) is 9.59 Å². The van der Waals surface area contributed by atoms with Gasteiger partial charge in [0.15, 0.2) is 5.15 Å². The van der Waals surface area contributed by atoms with Crippen LogP contribution < -0.4 is 15.0 Å². The first-order chi connectivity index (χ1) is 16.6. The van der Waals surface area contributed by atoms with Crippen LogP contribution in [0.4, 0.5) is 16.3 Å². The van der Waals surface area contributed by atoms with E-state index in [1.165, 1.54) is 0 Å². The zero-order valence-electron chi connectivity index (χ0n) is 21.1. The highest BCUT2D eigenvalue weighted by atomic mass is 35.5. The second-order valence-electron chi connectivity index (χ2n) is 9.67. The van der Waals surface area contributed by atoms with Crippen molar-refractivity contribution in [3.63, 3.8) is 0 Å². The number of benzene rings is 1. The fraction of sp³-hybridized carbons (Fsp3) is 0.500. The van der Waals surface area contributed by atoms with Gasteiger partial charge in [0.2, 0.25) is 0 Å². The van der Waals surface area contributed by atoms with Gasteiger partial charge in [0.25, 0.3) is 5.91 Å². The molecule has 1 N–H and O–H groups in total. The summed E-state index contributed by atoms with van der Waals surface area (Å²) in [7, 11) is 1.76. The molecular formula is C26H35ClN4O4. The Morgan fingerprint density at radius 3 is 2.54 bits per heavy atom. The summed E-state index contributed by atoms with van der Waals surface area (Å²) in [5.74, 6) is 1.16. The fourth-order valence-electron chi connectivity index (χ4n) is 3.67. The van der Waals surface area contributed by atoms with Gasteiger partial charge in [-0.15, -0.1) is 0 Å². The van der Waals surface area contributed by atoms with E-state index < -0.39 is 5.60 Å². The molecule has 1 atom stereocenters. The topological polar surface area (TPSA) is 84.0 Å². The van der Waals surface area contributed by atoms with E-state index in [0.717, 1.165) is 31.6 Å². The van der Waals surface area contributed by atoms with Crippen molar-refractivity contribution in [3.8, 4) is 5.75 Å². The number of rotatable bonds is 8. The predicted octanol–water partition coefficient (Wildman–Crippen LogP) is 5.61. The van der Waals surface area contributed by atoms with Crippen molar-refractivity contribution in [2.75, 3.05) is 37.0 Å². The largest absolute Gasteiger partial charge is 0.494 e. The smallest absolute Gasteiger partial charge is 0.410 e. The Hall–Kier alpha value is -3.00. The molecular weight excluding hydrogens is 468 g/mol. The van der Waals surface area contributed by atoms with Crippen molar-refractivity contribution in [1.82, 2.24) is 9.88 Å². The van der Waals surface area contributed by atoms with Crippen molar-refractivity contribution in [3.05, 3.63) is 47.1 Å². The van der Waals surface area contributed by atoms with Crippen LogP contribution in [0, 0.1) is 0 Å². The van der Waals surface area contributed by atoms with E-state index in [2.05, 4.69) is 22.1 Å². The van der Waals surface area contributed by atoms with Crippen LogP contribution in [0.5, 0.6) is 5.75 Å². The molecule has 1 unspecified atom stereocenters. The summed E-state index contributed by atoms with van der Waals surface area (Å²) in [4.78, 5) is 33.2. The van der Waals surface area contributed by atoms with Crippen molar-refractivity contribution in [1.29, 1.82) is 0 Å². The number of nitrogens with one attached hydrogen (secondary N) is 1. The summed E-state index contributed by atoms with van der Waals surface area (Å²) >= 11 is 6.40. The number of amides is 2. The highest BCUT2D eigenvalue weighted by Gasteiger charge is 2.31. The van der Waals surface area contributed by atoms with Gasteiger partial charge in [-0.1, -0.05) is 24.9 Å². The number of ether oxygens (including phenoxy) is 2. The minimum absolute atomic E-state index is 0.0127. The summed E-state index contributed by atoms with van der Waals surface area (Å²) in [5.41, 5.74) is 0.398. The van der Waals surface area contributed by atoms with Crippen LogP contribution in [0.25, 0.3) is 0 Å². The van der Waals surface area contributed by atoms with Crippen LogP contribution in [0.15, 0.2) is 36.4 Å². The van der Waals surface area contributed by atoms with Crippen LogP contribution in [0.3, 0.4) is 0 Å². The number of carbonyl (C=O) groups is 2. The van der Waals surface area contributed by atoms with Gasteiger partial charge in [-0.25, -0.2) is 9.78 Å². The number of anilines is 2. The first-order valence-corrected chi connectivity index (χ1v) is 12.4. The van der Waals surface area contributed by atoms with Crippen molar-refractivity contribution in [2.24, 2.45) is 0 Å². The SMILES string of the molecule is CCCCOc1ccc(C(=O)Nc2ccc(N3CCC(N(C)C(=O)OC(C)(C)C)C3)nc2Cl)cc1. The molecule has 1 aromatic carbocycles. The van der Waals surface area contributed by atoms with Gasteiger partial charge in [-0.3, -0.25) is 4.79 Å². The van der Waals surface area contributed by atoms with Crippen molar-refractivity contribution < 1.29 is 19.1 Å². The van der Waals surface area contributed by atoms with Gasteiger partial charge in [-0.05, 0) is 70.0 Å². The Balaban J connectivity index is 1.58. The monoisotopic (exact) mass is 502 g/mol. The third-order valence-electron chi connectivity index (χ3n) is 5.68. The molecule has 0 bridgehead atoms. The van der Waals surface area contributed by atoms with Crippen molar-refractivity contribution >= 4 is 35.1 Å². The number of nitrogens with zero attached hydrogens (tertiary/aromatic N) is 3. The zero-order valence-corrected chi connectivity index (χ0v) is 21.9. The minimum atomic E-state index is -0.538. The summed E-state index contributed by atoms with van der Waals surface area (Å²) in [6.45, 7) is 9.68. The first kappa shape index (κ1) is 26.6. The maximum absolute atomic E-state index is 12.7. The molecule has 35 heavy (non-hydrogen) atoms. The number of pyridine rings is 1. The molecule has 9 heteroatoms. The highest BCUT2D eigenvalue weighted by Crippen LogP contribution is 2.28. The third kappa shape index (κ3) is 7.49. The minimum Gasteiger partial charge on any atom is -0.494 e. The standard InChI is InChI=1S/C26H35ClN4O4/c1-6-7-16-34-20-10-8-18(9-11-20)24(32)28-21-12-13-22(29-23(21)27)31-15-14-19(17-31)30(5)25(33)35-26(2,3)4/h8-13,19H,6-7,14-17H2,1-5H3,(H,28,32). The lowest BCUT2D eigenvalue weighted by Crippen LogP contribution is -2.42. The predicted molar refractivity (Wildman–Crippen MR) is 139 cm³/mol. The summed E-state index contributed by atoms with van der Waals surface area (Å²) < 4.78 is 11.1. The highest BCUT2D eigenvalue weighted by molar-refractivity contribution is 6.32. The van der Waals surface area contributed by atoms with Gasteiger partial charge in [-0.2, -0.15) is 0 Å². The molecule has 1 aliphatic heterocycles. The molecule has 1 fully saturated rings. The van der Waals surface area contributed by atoms with E-state index in [1.54, 1.807) is 42.3 Å². The average molecular weight is 503 g/mol. The number of halogens is 1. The van der Waals surface area contributed by atoms with Gasteiger partial charge >= 0.3 is 6.09 Å². The van der Waals surface area contributed by atoms with Crippen LogP contribution >= 0.6 is 11.6 Å². The molecule has 0 aliphatic carbocycles. The summed E-state index contributed by atoms with van der Waals surface area (Å²) in [6, 6.07) is 10.6. The van der Waals surface area contributed by atoms with Crippen LogP contribution in [-0.2, 0) is 4.74 Å². The van der Waals surface area contributed by atoms with Gasteiger partial charge in [0.1, 0.15) is 17.2 Å². The maximum atomic E-state index is 12.7. The molecule has 2 aromatic rings. The molecule has 2 heterocycles. The van der Waals surface area contributed by atoms with Crippen molar-refractivity contribution in [2.45, 2.75) is 58.6 Å². The fourth-order valence-corrected chi connectivity index (χ4v) is 3.87. The Morgan fingerprint density at radius 1 is 1.20 bits per heavy atom. The Kier molecular flexibility index (Phi) is 8.83. The van der Waals surface area contributed by atoms with Crippen LogP contribution in [-0.4, -0.2) is 60.3 Å². The van der Waals surface area contributed by atoms with E-state index in [-0.39, 0.29) is 23.2 Å². The summed E-state index contributed by atoms with van der Waals surface area (Å²) in [5, 5.41) is 3.03. The number of likely N-dealkylation sites (N-methyl/N-ethyl adjacent to an activating group) is 1. The van der Waals surface area contributed by atoms with Gasteiger partial charge in [0, 0.05) is 25.7 Å². The van der Waals surface area contributed by atoms with Crippen LogP contribution in [0.2, 0.25) is 5.15 Å². The molecule has 1 aliphatic rings. The van der Waals surface area contributed by atoms with Crippen LogP contribution in [0.1, 0.15) is 57.3 Å². The van der Waals surface area contributed by atoms with E-state index >= 15 is 0 Å². The lowest BCUT2D eigenvalue weighted by Gasteiger charge is -2.28. The second kappa shape index (κ2) is 11.6. The molecule has 0 saturated carbocycles. The van der Waals surface area contributed by atoms with E-state index in [4.69, 9.17) is 21.1 Å². The molecule has 8 nitrogen and oxygen atoms in total. The zero-order chi connectivity index (χ0) is 25.6. The normalized spacial score (nSPS) is 15.6. The number of hydrogen-bond acceptors (Lipinski definition) is 6. The number of unbranched alkanes of at least 4 members (excludes halogenated alkanes) is 1. The first-order valence-electron chi connectivity index (χ1n) is 12.0. The van der Waals surface area contributed by atoms with Gasteiger partial charge in [0.05, 0.1) is 18.3 Å². The second-order valence-corrected chi connectivity index (χ2v) is 10.0.